The predicted molar refractivity (Wildman–Crippen MR) is 91.0 cm³/mol. The minimum Gasteiger partial charge on any atom is -0.997 e. The van der Waals surface area contributed by atoms with Crippen molar-refractivity contribution in [1.29, 1.82) is 0 Å². The van der Waals surface area contributed by atoms with Gasteiger partial charge < -0.3 is 25.9 Å². The first-order valence-electron chi connectivity index (χ1n) is 9.20. The Bertz CT molecular complexity index is 266. The SMILES string of the molecule is CCCCN(CCCC)C(=O)[C-]([O-])N(CCCC)CCCC.[Li+].[Li+]. The van der Waals surface area contributed by atoms with Gasteiger partial charge in [-0.2, -0.15) is 0 Å². The van der Waals surface area contributed by atoms with Gasteiger partial charge in [0.2, 0.25) is 0 Å². The van der Waals surface area contributed by atoms with Crippen LogP contribution in [-0.2, 0) is 4.79 Å². The number of carbonyl (C=O) groups excluding carboxylic acids is 1. The van der Waals surface area contributed by atoms with Crippen molar-refractivity contribution in [1.82, 2.24) is 9.80 Å². The first kappa shape index (κ1) is 29.2. The number of carbonyl (C=O) groups is 1. The number of unbranched alkanes of at least 4 members (excludes halogenated alkanes) is 4. The van der Waals surface area contributed by atoms with Crippen LogP contribution in [0.15, 0.2) is 0 Å². The number of rotatable bonds is 14. The molecule has 0 aliphatic rings. The van der Waals surface area contributed by atoms with Crippen molar-refractivity contribution in [3.8, 4) is 0 Å². The zero-order valence-corrected chi connectivity index (χ0v) is 17.2. The van der Waals surface area contributed by atoms with Gasteiger partial charge in [0.15, 0.2) is 0 Å². The van der Waals surface area contributed by atoms with Gasteiger partial charge in [-0.3, -0.25) is 0 Å². The van der Waals surface area contributed by atoms with Crippen LogP contribution in [0.2, 0.25) is 0 Å². The third-order valence-corrected chi connectivity index (χ3v) is 3.88. The monoisotopic (exact) mass is 326 g/mol. The second-order valence-corrected chi connectivity index (χ2v) is 6.00. The van der Waals surface area contributed by atoms with E-state index < -0.39 is 0 Å². The molecule has 4 nitrogen and oxygen atoms in total. The molecule has 0 aliphatic heterocycles. The molecule has 0 aromatic rings. The van der Waals surface area contributed by atoms with E-state index in [-0.39, 0.29) is 49.9 Å². The Labute approximate surface area is 174 Å². The second-order valence-electron chi connectivity index (χ2n) is 6.00. The molecule has 0 aromatic heterocycles. The standard InChI is InChI=1S/C18H36N2O2.2Li/c1-5-9-13-19(14-10-6-2)17(21)18(22)20(15-11-7-3)16-12-8-4;;/h5-16H2,1-4H3;;/q-2;2*+1. The summed E-state index contributed by atoms with van der Waals surface area (Å²) in [5.41, 5.74) is 0. The largest absolute Gasteiger partial charge is 1.00 e. The number of nitrogens with zero attached hydrogens (tertiary/aromatic N) is 2. The van der Waals surface area contributed by atoms with Crippen molar-refractivity contribution >= 4 is 5.91 Å². The molecule has 1 amide bonds. The summed E-state index contributed by atoms with van der Waals surface area (Å²) in [5, 5.41) is 12.6. The Morgan fingerprint density at radius 3 is 1.42 bits per heavy atom. The van der Waals surface area contributed by atoms with E-state index in [1.54, 1.807) is 9.80 Å². The van der Waals surface area contributed by atoms with E-state index in [1.165, 1.54) is 0 Å². The van der Waals surface area contributed by atoms with Crippen LogP contribution in [0.5, 0.6) is 0 Å². The molecule has 0 aliphatic carbocycles. The van der Waals surface area contributed by atoms with Gasteiger partial charge in [0.25, 0.3) is 0 Å². The van der Waals surface area contributed by atoms with Gasteiger partial charge in [0, 0.05) is 13.1 Å². The Morgan fingerprint density at radius 2 is 1.08 bits per heavy atom. The number of hydrogen-bond donors (Lipinski definition) is 0. The van der Waals surface area contributed by atoms with Crippen LogP contribution in [0.1, 0.15) is 79.1 Å². The van der Waals surface area contributed by atoms with E-state index in [2.05, 4.69) is 27.7 Å². The van der Waals surface area contributed by atoms with Gasteiger partial charge in [-0.05, 0) is 38.8 Å². The molecular weight excluding hydrogens is 290 g/mol. The molecular formula is C18H36Li2N2O2. The van der Waals surface area contributed by atoms with Crippen molar-refractivity contribution in [3.63, 3.8) is 0 Å². The first-order valence-corrected chi connectivity index (χ1v) is 9.20. The first-order chi connectivity index (χ1) is 10.6. The quantitative estimate of drug-likeness (QED) is 0.255. The average Bonchev–Trinajstić information content (AvgIpc) is 2.54. The molecule has 0 rings (SSSR count). The van der Waals surface area contributed by atoms with Crippen molar-refractivity contribution in [3.05, 3.63) is 6.23 Å². The summed E-state index contributed by atoms with van der Waals surface area (Å²) in [4.78, 5) is 16.1. The summed E-state index contributed by atoms with van der Waals surface area (Å²) in [5.74, 6) is -0.297. The molecule has 0 atom stereocenters. The van der Waals surface area contributed by atoms with Crippen LogP contribution in [0, 0.1) is 6.23 Å². The molecule has 0 bridgehead atoms. The van der Waals surface area contributed by atoms with E-state index in [0.717, 1.165) is 51.4 Å². The molecule has 0 unspecified atom stereocenters. The molecule has 0 spiro atoms. The molecule has 0 saturated carbocycles. The minimum absolute atomic E-state index is 0. The Kier molecular flexibility index (Phi) is 24.1. The normalized spacial score (nSPS) is 10.1. The third kappa shape index (κ3) is 12.8. The van der Waals surface area contributed by atoms with Crippen molar-refractivity contribution < 1.29 is 47.6 Å². The maximum absolute atomic E-state index is 12.6. The molecule has 0 radical (unpaired) electrons. The smallest absolute Gasteiger partial charge is 0.997 e. The van der Waals surface area contributed by atoms with Gasteiger partial charge in [-0.1, -0.05) is 53.4 Å². The fourth-order valence-electron chi connectivity index (χ4n) is 2.30. The summed E-state index contributed by atoms with van der Waals surface area (Å²) in [7, 11) is 0. The second kappa shape index (κ2) is 19.8. The summed E-state index contributed by atoms with van der Waals surface area (Å²) in [6, 6.07) is 0. The maximum Gasteiger partial charge on any atom is 1.00 e. The zero-order chi connectivity index (χ0) is 16.8. The summed E-state index contributed by atoms with van der Waals surface area (Å²) in [6.45, 7) is 11.3. The molecule has 6 heteroatoms. The van der Waals surface area contributed by atoms with Gasteiger partial charge in [-0.25, -0.2) is 0 Å². The molecule has 0 aromatic carbocycles. The van der Waals surface area contributed by atoms with Crippen LogP contribution < -0.4 is 42.8 Å². The number of amides is 1. The fraction of sp³-hybridized carbons (Fsp3) is 0.889. The summed E-state index contributed by atoms with van der Waals surface area (Å²) in [6.07, 6.45) is 7.73. The number of hydrogen-bond acceptors (Lipinski definition) is 3. The van der Waals surface area contributed by atoms with Gasteiger partial charge in [0.05, 0.1) is 5.91 Å². The van der Waals surface area contributed by atoms with Crippen LogP contribution in [0.25, 0.3) is 0 Å². The summed E-state index contributed by atoms with van der Waals surface area (Å²) >= 11 is 0. The summed E-state index contributed by atoms with van der Waals surface area (Å²) < 4.78 is 0. The molecule has 0 saturated heterocycles. The Hall–Kier alpha value is 0.455. The van der Waals surface area contributed by atoms with Gasteiger partial charge in [-0.15, -0.1) is 0 Å². The zero-order valence-electron chi connectivity index (χ0n) is 17.2. The van der Waals surface area contributed by atoms with Crippen molar-refractivity contribution in [2.75, 3.05) is 26.2 Å². The minimum atomic E-state index is -0.297. The van der Waals surface area contributed by atoms with Gasteiger partial charge >= 0.3 is 37.7 Å². The Balaban J connectivity index is -0.00000220. The van der Waals surface area contributed by atoms with E-state index in [0.29, 0.717) is 26.2 Å². The molecule has 0 heterocycles. The molecule has 24 heavy (non-hydrogen) atoms. The average molecular weight is 326 g/mol. The fourth-order valence-corrected chi connectivity index (χ4v) is 2.30. The van der Waals surface area contributed by atoms with E-state index in [4.69, 9.17) is 0 Å². The van der Waals surface area contributed by atoms with E-state index in [1.807, 2.05) is 0 Å². The van der Waals surface area contributed by atoms with Crippen LogP contribution in [0.4, 0.5) is 0 Å². The molecule has 0 fully saturated rings. The van der Waals surface area contributed by atoms with E-state index in [9.17, 15) is 9.90 Å². The predicted octanol–water partition coefficient (Wildman–Crippen LogP) is -2.82. The van der Waals surface area contributed by atoms with Crippen LogP contribution in [-0.4, -0.2) is 41.9 Å². The molecule has 0 N–H and O–H groups in total. The topological polar surface area (TPSA) is 46.6 Å². The maximum atomic E-state index is 12.6. The molecule has 132 valence electrons. The van der Waals surface area contributed by atoms with Crippen molar-refractivity contribution in [2.24, 2.45) is 0 Å². The third-order valence-electron chi connectivity index (χ3n) is 3.88. The van der Waals surface area contributed by atoms with Crippen LogP contribution >= 0.6 is 0 Å². The van der Waals surface area contributed by atoms with Crippen molar-refractivity contribution in [2.45, 2.75) is 79.1 Å². The van der Waals surface area contributed by atoms with Gasteiger partial charge in [0.1, 0.15) is 0 Å². The van der Waals surface area contributed by atoms with Crippen LogP contribution in [0.3, 0.4) is 0 Å². The Morgan fingerprint density at radius 1 is 0.750 bits per heavy atom. The van der Waals surface area contributed by atoms with E-state index >= 15 is 0 Å².